The van der Waals surface area contributed by atoms with Crippen LogP contribution in [0.25, 0.3) is 0 Å². The average molecular weight is 360 g/mol. The van der Waals surface area contributed by atoms with Crippen LogP contribution in [-0.2, 0) is 24.3 Å². The number of benzene rings is 2. The third-order valence-electron chi connectivity index (χ3n) is 5.03. The zero-order valence-electron chi connectivity index (χ0n) is 15.6. The molecule has 1 aromatic heterocycles. The number of carbonyl (C=O) groups excluding carboxylic acids is 1. The molecule has 3 aromatic rings. The van der Waals surface area contributed by atoms with Gasteiger partial charge < -0.3 is 4.90 Å². The Morgan fingerprint density at radius 3 is 2.48 bits per heavy atom. The Kier molecular flexibility index (Phi) is 5.03. The first-order chi connectivity index (χ1) is 13.2. The number of amides is 1. The maximum Gasteiger partial charge on any atom is 0.240 e. The topological polar surface area (TPSA) is 41.4 Å². The van der Waals surface area contributed by atoms with E-state index in [-0.39, 0.29) is 5.91 Å². The third kappa shape index (κ3) is 4.09. The van der Waals surface area contributed by atoms with E-state index in [0.717, 1.165) is 37.4 Å². The Labute approximate surface area is 159 Å². The van der Waals surface area contributed by atoms with E-state index in [4.69, 9.17) is 5.10 Å². The smallest absolute Gasteiger partial charge is 0.240 e. The van der Waals surface area contributed by atoms with Gasteiger partial charge in [-0.2, -0.15) is 5.10 Å². The molecule has 0 saturated carbocycles. The van der Waals surface area contributed by atoms with Crippen molar-refractivity contribution >= 4 is 11.6 Å². The Bertz CT molecular complexity index is 905. The molecular formula is C22H24N4O. The van der Waals surface area contributed by atoms with Crippen molar-refractivity contribution in [3.63, 3.8) is 0 Å². The predicted octanol–water partition coefficient (Wildman–Crippen LogP) is 2.95. The minimum absolute atomic E-state index is 0.110. The van der Waals surface area contributed by atoms with Crippen LogP contribution in [0.2, 0.25) is 0 Å². The quantitative estimate of drug-likeness (QED) is 0.702. The van der Waals surface area contributed by atoms with Gasteiger partial charge in [-0.05, 0) is 23.8 Å². The van der Waals surface area contributed by atoms with Crippen molar-refractivity contribution in [2.24, 2.45) is 0 Å². The molecule has 0 unspecified atom stereocenters. The molecule has 5 heteroatoms. The summed E-state index contributed by atoms with van der Waals surface area (Å²) >= 11 is 0. The minimum atomic E-state index is 0.110. The largest absolute Gasteiger partial charge is 0.314 e. The first kappa shape index (κ1) is 17.5. The number of carbonyl (C=O) groups is 1. The fourth-order valence-electron chi connectivity index (χ4n) is 3.50. The van der Waals surface area contributed by atoms with Crippen molar-refractivity contribution in [3.8, 4) is 0 Å². The van der Waals surface area contributed by atoms with Crippen LogP contribution >= 0.6 is 0 Å². The summed E-state index contributed by atoms with van der Waals surface area (Å²) in [4.78, 5) is 16.6. The minimum Gasteiger partial charge on any atom is -0.314 e. The lowest BCUT2D eigenvalue weighted by atomic mass is 10.1. The number of anilines is 1. The van der Waals surface area contributed by atoms with Gasteiger partial charge in [0.15, 0.2) is 0 Å². The Morgan fingerprint density at radius 1 is 1.04 bits per heavy atom. The third-order valence-corrected chi connectivity index (χ3v) is 5.03. The van der Waals surface area contributed by atoms with Crippen LogP contribution < -0.4 is 4.90 Å². The van der Waals surface area contributed by atoms with Crippen LogP contribution in [0, 0.1) is 0 Å². The van der Waals surface area contributed by atoms with Crippen LogP contribution in [0.15, 0.2) is 66.7 Å². The highest BCUT2D eigenvalue weighted by Crippen LogP contribution is 2.17. The van der Waals surface area contributed by atoms with Crippen LogP contribution in [0.1, 0.15) is 17.0 Å². The van der Waals surface area contributed by atoms with Crippen molar-refractivity contribution in [2.75, 3.05) is 25.0 Å². The Hall–Kier alpha value is -2.92. The molecule has 1 amide bonds. The molecule has 0 N–H and O–H groups in total. The fraction of sp³-hybridized carbons (Fsp3) is 0.273. The lowest BCUT2D eigenvalue weighted by Crippen LogP contribution is -2.42. The van der Waals surface area contributed by atoms with Crippen LogP contribution in [-0.4, -0.2) is 40.7 Å². The molecule has 0 saturated heterocycles. The Balaban J connectivity index is 1.39. The first-order valence-corrected chi connectivity index (χ1v) is 9.32. The molecule has 2 heterocycles. The highest BCUT2D eigenvalue weighted by Gasteiger charge is 2.22. The molecule has 5 nitrogen and oxygen atoms in total. The number of likely N-dealkylation sites (N-methyl/N-ethyl adjacent to an activating group) is 1. The van der Waals surface area contributed by atoms with Crippen LogP contribution in [0.4, 0.5) is 5.69 Å². The second-order valence-electron chi connectivity index (χ2n) is 7.01. The van der Waals surface area contributed by atoms with Gasteiger partial charge in [-0.15, -0.1) is 0 Å². The molecule has 138 valence electrons. The molecule has 1 aliphatic rings. The van der Waals surface area contributed by atoms with Gasteiger partial charge in [-0.25, -0.2) is 0 Å². The number of aromatic nitrogens is 2. The van der Waals surface area contributed by atoms with Crippen molar-refractivity contribution < 1.29 is 4.79 Å². The summed E-state index contributed by atoms with van der Waals surface area (Å²) in [6.07, 6.45) is 0.844. The van der Waals surface area contributed by atoms with Gasteiger partial charge >= 0.3 is 0 Å². The SMILES string of the molecule is CN(C(=O)CN1CCn2nc(Cc3ccccc3)cc2C1)c1ccccc1. The molecule has 0 aliphatic carbocycles. The van der Waals surface area contributed by atoms with E-state index in [0.29, 0.717) is 6.54 Å². The van der Waals surface area contributed by atoms with E-state index < -0.39 is 0 Å². The van der Waals surface area contributed by atoms with Crippen molar-refractivity contribution in [1.82, 2.24) is 14.7 Å². The van der Waals surface area contributed by atoms with Gasteiger partial charge in [0.25, 0.3) is 0 Å². The number of hydrogen-bond acceptors (Lipinski definition) is 3. The predicted molar refractivity (Wildman–Crippen MR) is 107 cm³/mol. The molecule has 0 radical (unpaired) electrons. The number of para-hydroxylation sites is 1. The molecule has 0 fully saturated rings. The maximum atomic E-state index is 12.6. The second kappa shape index (κ2) is 7.76. The summed E-state index contributed by atoms with van der Waals surface area (Å²) < 4.78 is 2.08. The van der Waals surface area contributed by atoms with E-state index in [1.54, 1.807) is 4.90 Å². The highest BCUT2D eigenvalue weighted by atomic mass is 16.2. The number of hydrogen-bond donors (Lipinski definition) is 0. The van der Waals surface area contributed by atoms with Crippen LogP contribution in [0.3, 0.4) is 0 Å². The summed E-state index contributed by atoms with van der Waals surface area (Å²) in [5.41, 5.74) is 4.47. The van der Waals surface area contributed by atoms with Gasteiger partial charge in [0.2, 0.25) is 5.91 Å². The van der Waals surface area contributed by atoms with Gasteiger partial charge in [0.1, 0.15) is 0 Å². The average Bonchev–Trinajstić information content (AvgIpc) is 3.10. The molecule has 1 aliphatic heterocycles. The van der Waals surface area contributed by atoms with Gasteiger partial charge in [-0.3, -0.25) is 14.4 Å². The van der Waals surface area contributed by atoms with Gasteiger partial charge in [0.05, 0.1) is 24.5 Å². The summed E-state index contributed by atoms with van der Waals surface area (Å²) in [6.45, 7) is 2.85. The van der Waals surface area contributed by atoms with Gasteiger partial charge in [0, 0.05) is 32.2 Å². The maximum absolute atomic E-state index is 12.6. The van der Waals surface area contributed by atoms with E-state index in [1.807, 2.05) is 43.4 Å². The number of nitrogens with zero attached hydrogens (tertiary/aromatic N) is 4. The molecule has 0 atom stereocenters. The summed E-state index contributed by atoms with van der Waals surface area (Å²) in [5, 5.41) is 4.74. The molecular weight excluding hydrogens is 336 g/mol. The first-order valence-electron chi connectivity index (χ1n) is 9.32. The summed E-state index contributed by atoms with van der Waals surface area (Å²) in [5.74, 6) is 0.110. The highest BCUT2D eigenvalue weighted by molar-refractivity contribution is 5.94. The van der Waals surface area contributed by atoms with E-state index in [1.165, 1.54) is 11.3 Å². The number of fused-ring (bicyclic) bond motifs is 1. The lowest BCUT2D eigenvalue weighted by molar-refractivity contribution is -0.119. The summed E-state index contributed by atoms with van der Waals surface area (Å²) in [6, 6.07) is 22.3. The molecule has 27 heavy (non-hydrogen) atoms. The molecule has 2 aromatic carbocycles. The van der Waals surface area contributed by atoms with Crippen molar-refractivity contribution in [2.45, 2.75) is 19.5 Å². The zero-order chi connectivity index (χ0) is 18.6. The van der Waals surface area contributed by atoms with Crippen LogP contribution in [0.5, 0.6) is 0 Å². The summed E-state index contributed by atoms with van der Waals surface area (Å²) in [7, 11) is 1.84. The monoisotopic (exact) mass is 360 g/mol. The van der Waals surface area contributed by atoms with E-state index in [2.05, 4.69) is 39.9 Å². The van der Waals surface area contributed by atoms with Gasteiger partial charge in [-0.1, -0.05) is 48.5 Å². The van der Waals surface area contributed by atoms with E-state index in [9.17, 15) is 4.79 Å². The van der Waals surface area contributed by atoms with Crippen molar-refractivity contribution in [3.05, 3.63) is 83.7 Å². The molecule has 4 rings (SSSR count). The van der Waals surface area contributed by atoms with Crippen molar-refractivity contribution in [1.29, 1.82) is 0 Å². The molecule has 0 spiro atoms. The second-order valence-corrected chi connectivity index (χ2v) is 7.01. The molecule has 0 bridgehead atoms. The Morgan fingerprint density at radius 2 is 1.74 bits per heavy atom. The zero-order valence-corrected chi connectivity index (χ0v) is 15.6. The lowest BCUT2D eigenvalue weighted by Gasteiger charge is -2.28. The number of rotatable bonds is 5. The standard InChI is InChI=1S/C22H24N4O/c1-24(20-10-6-3-7-11-20)22(27)17-25-12-13-26-21(16-25)15-19(23-26)14-18-8-4-2-5-9-18/h2-11,15H,12-14,16-17H2,1H3. The fourth-order valence-corrected chi connectivity index (χ4v) is 3.50. The normalized spacial score (nSPS) is 14.0. The van der Waals surface area contributed by atoms with E-state index >= 15 is 0 Å².